The lowest BCUT2D eigenvalue weighted by Gasteiger charge is -2.01. The predicted octanol–water partition coefficient (Wildman–Crippen LogP) is 1.40. The normalized spacial score (nSPS) is 10.8. The van der Waals surface area contributed by atoms with Crippen LogP contribution in [-0.2, 0) is 0 Å². The summed E-state index contributed by atoms with van der Waals surface area (Å²) in [5.41, 5.74) is 6.49. The lowest BCUT2D eigenvalue weighted by Crippen LogP contribution is -2.01. The Labute approximate surface area is 91.6 Å². The van der Waals surface area contributed by atoms with Gasteiger partial charge in [0.2, 0.25) is 0 Å². The second-order valence-corrected chi connectivity index (χ2v) is 3.41. The third kappa shape index (κ3) is 1.30. The number of nitrogens with zero attached hydrogens (tertiary/aromatic N) is 4. The van der Waals surface area contributed by atoms with Crippen molar-refractivity contribution < 1.29 is 0 Å². The molecule has 0 bridgehead atoms. The van der Waals surface area contributed by atoms with Gasteiger partial charge in [-0.3, -0.25) is 0 Å². The van der Waals surface area contributed by atoms with Crippen LogP contribution in [-0.4, -0.2) is 19.7 Å². The van der Waals surface area contributed by atoms with Gasteiger partial charge in [0.15, 0.2) is 5.82 Å². The van der Waals surface area contributed by atoms with E-state index < -0.39 is 0 Å². The monoisotopic (exact) mass is 211 g/mol. The molecule has 0 spiro atoms. The first kappa shape index (κ1) is 8.84. The van der Waals surface area contributed by atoms with Crippen LogP contribution >= 0.6 is 0 Å². The first-order chi connectivity index (χ1) is 7.84. The predicted molar refractivity (Wildman–Crippen MR) is 61.1 cm³/mol. The first-order valence-corrected chi connectivity index (χ1v) is 4.85. The highest BCUT2D eigenvalue weighted by atomic mass is 15.3. The number of rotatable bonds is 1. The average molecular weight is 211 g/mol. The minimum Gasteiger partial charge on any atom is -0.382 e. The molecule has 5 nitrogen and oxygen atoms in total. The first-order valence-electron chi connectivity index (χ1n) is 4.85. The smallest absolute Gasteiger partial charge is 0.172 e. The zero-order valence-electron chi connectivity index (χ0n) is 8.41. The van der Waals surface area contributed by atoms with Crippen LogP contribution in [0.5, 0.6) is 0 Å². The van der Waals surface area contributed by atoms with Gasteiger partial charge in [-0.05, 0) is 6.07 Å². The standard InChI is InChI=1S/C11H9N5/c12-10-6-14-11(7-13-10)16-9-4-2-1-3-8(9)5-15-16/h1-7H,(H2,12,13). The Morgan fingerprint density at radius 3 is 2.69 bits per heavy atom. The van der Waals surface area contributed by atoms with Crippen molar-refractivity contribution in [2.45, 2.75) is 0 Å². The van der Waals surface area contributed by atoms with E-state index in [1.165, 1.54) is 6.20 Å². The Morgan fingerprint density at radius 1 is 1.00 bits per heavy atom. The molecular formula is C11H9N5. The highest BCUT2D eigenvalue weighted by Gasteiger charge is 2.04. The average Bonchev–Trinajstić information content (AvgIpc) is 2.74. The van der Waals surface area contributed by atoms with Crippen LogP contribution in [0.2, 0.25) is 0 Å². The van der Waals surface area contributed by atoms with Crippen LogP contribution in [0.25, 0.3) is 16.7 Å². The van der Waals surface area contributed by atoms with Gasteiger partial charge in [0, 0.05) is 5.39 Å². The van der Waals surface area contributed by atoms with Crippen molar-refractivity contribution >= 4 is 16.7 Å². The molecule has 0 aliphatic rings. The second kappa shape index (κ2) is 3.30. The molecule has 0 saturated heterocycles. The maximum absolute atomic E-state index is 5.49. The summed E-state index contributed by atoms with van der Waals surface area (Å²) in [5.74, 6) is 1.07. The van der Waals surface area contributed by atoms with E-state index in [0.29, 0.717) is 11.6 Å². The van der Waals surface area contributed by atoms with E-state index in [-0.39, 0.29) is 0 Å². The topological polar surface area (TPSA) is 69.6 Å². The summed E-state index contributed by atoms with van der Waals surface area (Å²) in [6, 6.07) is 7.93. The summed E-state index contributed by atoms with van der Waals surface area (Å²) < 4.78 is 1.74. The van der Waals surface area contributed by atoms with Gasteiger partial charge in [0.05, 0.1) is 24.1 Å². The summed E-state index contributed by atoms with van der Waals surface area (Å²) in [6.45, 7) is 0. The molecule has 0 radical (unpaired) electrons. The molecule has 0 atom stereocenters. The molecule has 0 saturated carbocycles. The Bertz CT molecular complexity index is 626. The molecule has 0 amide bonds. The van der Waals surface area contributed by atoms with Crippen LogP contribution < -0.4 is 5.73 Å². The van der Waals surface area contributed by atoms with Crippen molar-refractivity contribution in [1.29, 1.82) is 0 Å². The van der Waals surface area contributed by atoms with Crippen LogP contribution in [0.15, 0.2) is 42.9 Å². The van der Waals surface area contributed by atoms with Crippen molar-refractivity contribution in [3.05, 3.63) is 42.9 Å². The summed E-state index contributed by atoms with van der Waals surface area (Å²) in [7, 11) is 0. The van der Waals surface area contributed by atoms with E-state index in [4.69, 9.17) is 5.73 Å². The van der Waals surface area contributed by atoms with Crippen LogP contribution in [0.3, 0.4) is 0 Å². The van der Waals surface area contributed by atoms with Crippen molar-refractivity contribution in [3.8, 4) is 5.82 Å². The molecule has 16 heavy (non-hydrogen) atoms. The number of fused-ring (bicyclic) bond motifs is 1. The van der Waals surface area contributed by atoms with Crippen molar-refractivity contribution in [1.82, 2.24) is 19.7 Å². The van der Waals surface area contributed by atoms with Gasteiger partial charge in [-0.1, -0.05) is 18.2 Å². The van der Waals surface area contributed by atoms with E-state index in [0.717, 1.165) is 10.9 Å². The summed E-state index contributed by atoms with van der Waals surface area (Å²) in [6.07, 6.45) is 4.92. The highest BCUT2D eigenvalue weighted by Crippen LogP contribution is 2.15. The van der Waals surface area contributed by atoms with Gasteiger partial charge in [-0.2, -0.15) is 5.10 Å². The largest absolute Gasteiger partial charge is 0.382 e. The van der Waals surface area contributed by atoms with E-state index in [1.54, 1.807) is 17.1 Å². The number of aromatic nitrogens is 4. The molecule has 0 aliphatic heterocycles. The maximum Gasteiger partial charge on any atom is 0.172 e. The molecule has 3 aromatic rings. The molecule has 78 valence electrons. The minimum absolute atomic E-state index is 0.403. The molecule has 2 N–H and O–H groups in total. The van der Waals surface area contributed by atoms with Crippen LogP contribution in [0.1, 0.15) is 0 Å². The molecule has 5 heteroatoms. The second-order valence-electron chi connectivity index (χ2n) is 3.41. The lowest BCUT2D eigenvalue weighted by molar-refractivity contribution is 0.865. The number of benzene rings is 1. The SMILES string of the molecule is Nc1cnc(-n2ncc3ccccc32)cn1. The third-order valence-electron chi connectivity index (χ3n) is 2.35. The Balaban J connectivity index is 2.22. The Hall–Kier alpha value is -2.43. The number of hydrogen-bond donors (Lipinski definition) is 1. The fourth-order valence-electron chi connectivity index (χ4n) is 1.59. The maximum atomic E-state index is 5.49. The lowest BCUT2D eigenvalue weighted by atomic mass is 10.3. The number of para-hydroxylation sites is 1. The molecule has 1 aromatic carbocycles. The molecule has 2 heterocycles. The summed E-state index contributed by atoms with van der Waals surface area (Å²) in [5, 5.41) is 5.34. The number of nitrogens with two attached hydrogens (primary N) is 1. The fourth-order valence-corrected chi connectivity index (χ4v) is 1.59. The summed E-state index contributed by atoms with van der Waals surface area (Å²) in [4.78, 5) is 8.18. The van der Waals surface area contributed by atoms with E-state index >= 15 is 0 Å². The van der Waals surface area contributed by atoms with E-state index in [2.05, 4.69) is 15.1 Å². The Kier molecular flexibility index (Phi) is 1.83. The van der Waals surface area contributed by atoms with E-state index in [1.807, 2.05) is 24.3 Å². The fraction of sp³-hybridized carbons (Fsp3) is 0. The Morgan fingerprint density at radius 2 is 1.88 bits per heavy atom. The van der Waals surface area contributed by atoms with Gasteiger partial charge < -0.3 is 5.73 Å². The number of hydrogen-bond acceptors (Lipinski definition) is 4. The number of anilines is 1. The zero-order chi connectivity index (χ0) is 11.0. The molecule has 2 aromatic heterocycles. The van der Waals surface area contributed by atoms with Gasteiger partial charge >= 0.3 is 0 Å². The molecule has 3 rings (SSSR count). The molecule has 0 unspecified atom stereocenters. The van der Waals surface area contributed by atoms with E-state index in [9.17, 15) is 0 Å². The van der Waals surface area contributed by atoms with Gasteiger partial charge in [-0.15, -0.1) is 0 Å². The summed E-state index contributed by atoms with van der Waals surface area (Å²) >= 11 is 0. The highest BCUT2D eigenvalue weighted by molar-refractivity contribution is 5.79. The van der Waals surface area contributed by atoms with Gasteiger partial charge in [0.25, 0.3) is 0 Å². The van der Waals surface area contributed by atoms with Crippen LogP contribution in [0.4, 0.5) is 5.82 Å². The van der Waals surface area contributed by atoms with Crippen molar-refractivity contribution in [2.75, 3.05) is 5.73 Å². The minimum atomic E-state index is 0.403. The zero-order valence-corrected chi connectivity index (χ0v) is 8.41. The molecule has 0 aliphatic carbocycles. The van der Waals surface area contributed by atoms with Crippen LogP contribution in [0, 0.1) is 0 Å². The van der Waals surface area contributed by atoms with Crippen molar-refractivity contribution in [3.63, 3.8) is 0 Å². The molecule has 0 fully saturated rings. The quantitative estimate of drug-likeness (QED) is 0.660. The molecular weight excluding hydrogens is 202 g/mol. The third-order valence-corrected chi connectivity index (χ3v) is 2.35. The van der Waals surface area contributed by atoms with Gasteiger partial charge in [-0.25, -0.2) is 14.6 Å². The number of nitrogen functional groups attached to an aromatic ring is 1. The van der Waals surface area contributed by atoms with Crippen molar-refractivity contribution in [2.24, 2.45) is 0 Å². The van der Waals surface area contributed by atoms with Gasteiger partial charge in [0.1, 0.15) is 5.82 Å².